The van der Waals surface area contributed by atoms with E-state index in [-0.39, 0.29) is 21.7 Å². The number of nitrogens with zero attached hydrogens (tertiary/aromatic N) is 4. The molecular formula is C64H64F2N4O. The first-order valence-electron chi connectivity index (χ1n) is 24.8. The molecule has 1 aliphatic rings. The second-order valence-corrected chi connectivity index (χ2v) is 23.4. The van der Waals surface area contributed by atoms with Gasteiger partial charge in [-0.2, -0.15) is 0 Å². The molecule has 0 fully saturated rings. The van der Waals surface area contributed by atoms with Crippen molar-refractivity contribution >= 4 is 44.6 Å². The van der Waals surface area contributed by atoms with Gasteiger partial charge in [0.25, 0.3) is 0 Å². The third-order valence-corrected chi connectivity index (χ3v) is 13.9. The topological polar surface area (TPSA) is 33.5 Å². The minimum absolute atomic E-state index is 0.0583. The maximum Gasteiger partial charge on any atom is 0.137 e. The predicted molar refractivity (Wildman–Crippen MR) is 293 cm³/mol. The number of fused-ring (bicyclic) bond motifs is 4. The molecule has 0 amide bonds. The lowest BCUT2D eigenvalue weighted by Gasteiger charge is -2.34. The SMILES string of the molecule is CC(C)(C)c1ccnc(-n2c3ccccc3c3ccc(Oc4cc(-c5c(C(C)(C)C)cc(C(C)(C)C)cc5C(C)(C)C)cc(N5CN(c6ccccc6-c6cc(F)cc(F)c6)c6ccccc65)c4)cc32)c1. The van der Waals surface area contributed by atoms with Gasteiger partial charge in [-0.1, -0.05) is 144 Å². The third kappa shape index (κ3) is 8.96. The van der Waals surface area contributed by atoms with Gasteiger partial charge in [-0.15, -0.1) is 0 Å². The van der Waals surface area contributed by atoms with Crippen LogP contribution in [-0.4, -0.2) is 16.2 Å². The van der Waals surface area contributed by atoms with Crippen LogP contribution in [0.15, 0.2) is 158 Å². The first-order chi connectivity index (χ1) is 33.5. The molecule has 0 bridgehead atoms. The Bertz CT molecular complexity index is 3470. The molecule has 2 aromatic heterocycles. The van der Waals surface area contributed by atoms with Gasteiger partial charge in [-0.25, -0.2) is 13.8 Å². The highest BCUT2D eigenvalue weighted by Crippen LogP contribution is 2.50. The summed E-state index contributed by atoms with van der Waals surface area (Å²) < 4.78 is 39.0. The van der Waals surface area contributed by atoms with E-state index in [1.165, 1.54) is 39.9 Å². The largest absolute Gasteiger partial charge is 0.457 e. The maximum absolute atomic E-state index is 14.8. The van der Waals surface area contributed by atoms with E-state index in [9.17, 15) is 8.78 Å². The summed E-state index contributed by atoms with van der Waals surface area (Å²) in [5.74, 6) is 1.02. The van der Waals surface area contributed by atoms with Gasteiger partial charge in [0.2, 0.25) is 0 Å². The van der Waals surface area contributed by atoms with Crippen molar-refractivity contribution in [3.05, 3.63) is 192 Å². The Balaban J connectivity index is 1.18. The molecule has 0 N–H and O–H groups in total. The van der Waals surface area contributed by atoms with E-state index in [4.69, 9.17) is 9.72 Å². The van der Waals surface area contributed by atoms with E-state index >= 15 is 0 Å². The smallest absolute Gasteiger partial charge is 0.137 e. The van der Waals surface area contributed by atoms with Crippen molar-refractivity contribution in [3.63, 3.8) is 0 Å². The van der Waals surface area contributed by atoms with Crippen LogP contribution in [0.5, 0.6) is 11.5 Å². The highest BCUT2D eigenvalue weighted by atomic mass is 19.1. The second kappa shape index (κ2) is 17.3. The van der Waals surface area contributed by atoms with Crippen LogP contribution in [0.1, 0.15) is 105 Å². The number of benzene rings is 7. The molecule has 9 aromatic rings. The number of hydrogen-bond acceptors (Lipinski definition) is 4. The van der Waals surface area contributed by atoms with E-state index in [0.717, 1.165) is 67.6 Å². The maximum atomic E-state index is 14.8. The van der Waals surface area contributed by atoms with Crippen LogP contribution < -0.4 is 14.5 Å². The van der Waals surface area contributed by atoms with Crippen molar-refractivity contribution in [2.45, 2.75) is 105 Å². The van der Waals surface area contributed by atoms with Crippen molar-refractivity contribution in [3.8, 4) is 39.6 Å². The third-order valence-electron chi connectivity index (χ3n) is 13.9. The number of ether oxygens (including phenoxy) is 1. The van der Waals surface area contributed by atoms with Crippen molar-refractivity contribution in [1.82, 2.24) is 9.55 Å². The van der Waals surface area contributed by atoms with E-state index in [1.807, 2.05) is 36.5 Å². The van der Waals surface area contributed by atoms with Gasteiger partial charge in [-0.05, 0) is 133 Å². The summed E-state index contributed by atoms with van der Waals surface area (Å²) in [5, 5.41) is 2.26. The van der Waals surface area contributed by atoms with Crippen LogP contribution >= 0.6 is 0 Å². The van der Waals surface area contributed by atoms with Crippen molar-refractivity contribution in [1.29, 1.82) is 0 Å². The Morgan fingerprint density at radius 3 is 1.70 bits per heavy atom. The fraction of sp³-hybridized carbons (Fsp3) is 0.266. The first-order valence-corrected chi connectivity index (χ1v) is 24.8. The summed E-state index contributed by atoms with van der Waals surface area (Å²) >= 11 is 0. The lowest BCUT2D eigenvalue weighted by atomic mass is 9.71. The number of pyridine rings is 1. The van der Waals surface area contributed by atoms with E-state index in [0.29, 0.717) is 23.7 Å². The fourth-order valence-corrected chi connectivity index (χ4v) is 10.2. The average molecular weight is 943 g/mol. The molecule has 0 spiro atoms. The molecule has 7 aromatic carbocycles. The Kier molecular flexibility index (Phi) is 11.5. The van der Waals surface area contributed by atoms with Crippen molar-refractivity contribution in [2.24, 2.45) is 0 Å². The van der Waals surface area contributed by atoms with Gasteiger partial charge >= 0.3 is 0 Å². The summed E-state index contributed by atoms with van der Waals surface area (Å²) in [7, 11) is 0. The highest BCUT2D eigenvalue weighted by molar-refractivity contribution is 6.09. The normalized spacial score (nSPS) is 13.4. The predicted octanol–water partition coefficient (Wildman–Crippen LogP) is 18.0. The minimum atomic E-state index is -0.616. The zero-order chi connectivity index (χ0) is 50.4. The summed E-state index contributed by atoms with van der Waals surface area (Å²) in [6.45, 7) is 27.8. The summed E-state index contributed by atoms with van der Waals surface area (Å²) in [4.78, 5) is 9.49. The molecule has 1 aliphatic heterocycles. The van der Waals surface area contributed by atoms with E-state index in [2.05, 4.69) is 201 Å². The van der Waals surface area contributed by atoms with Gasteiger partial charge in [0, 0.05) is 46.4 Å². The van der Waals surface area contributed by atoms with Gasteiger partial charge < -0.3 is 14.5 Å². The number of halogens is 2. The first kappa shape index (κ1) is 47.4. The monoisotopic (exact) mass is 943 g/mol. The van der Waals surface area contributed by atoms with Gasteiger partial charge in [0.05, 0.1) is 28.1 Å². The van der Waals surface area contributed by atoms with E-state index < -0.39 is 11.6 Å². The molecule has 0 unspecified atom stereocenters. The summed E-state index contributed by atoms with van der Waals surface area (Å²) in [6.07, 6.45) is 1.91. The van der Waals surface area contributed by atoms with E-state index in [1.54, 1.807) is 0 Å². The molecule has 71 heavy (non-hydrogen) atoms. The molecule has 7 heteroatoms. The molecule has 360 valence electrons. The number of anilines is 4. The van der Waals surface area contributed by atoms with Gasteiger partial charge in [-0.3, -0.25) is 4.57 Å². The van der Waals surface area contributed by atoms with Gasteiger partial charge in [0.1, 0.15) is 35.6 Å². The Hall–Kier alpha value is -7.25. The molecule has 0 radical (unpaired) electrons. The Morgan fingerprint density at radius 2 is 1.06 bits per heavy atom. The molecule has 10 rings (SSSR count). The standard InChI is InChI=1S/C64H64F2N4O/c1-61(2,3)42-27-28-67-59(35-42)70-55-22-16-14-20-50(55)51-26-25-47(38-58(51)70)71-48-32-41(60-52(63(7,8)9)33-43(62(4,5)6)34-53(60)64(10,11)12)31-46(37-48)68-39-69(57-24-18-17-23-56(57)68)54-21-15-13-19-49(54)40-29-44(65)36-45(66)30-40/h13-38H,39H2,1-12H3. The fourth-order valence-electron chi connectivity index (χ4n) is 10.2. The van der Waals surface area contributed by atoms with Crippen LogP contribution in [0, 0.1) is 11.6 Å². The Labute approximate surface area is 418 Å². The lowest BCUT2D eigenvalue weighted by molar-refractivity contribution is 0.483. The highest BCUT2D eigenvalue weighted by Gasteiger charge is 2.33. The van der Waals surface area contributed by atoms with Crippen LogP contribution in [0.4, 0.5) is 31.5 Å². The van der Waals surface area contributed by atoms with Crippen LogP contribution in [-0.2, 0) is 21.7 Å². The lowest BCUT2D eigenvalue weighted by Crippen LogP contribution is -2.25. The van der Waals surface area contributed by atoms with Gasteiger partial charge in [0.15, 0.2) is 0 Å². The summed E-state index contributed by atoms with van der Waals surface area (Å²) in [5.41, 5.74) is 13.8. The number of hydrogen-bond donors (Lipinski definition) is 0. The van der Waals surface area contributed by atoms with Crippen molar-refractivity contribution < 1.29 is 13.5 Å². The molecule has 0 aliphatic carbocycles. The van der Waals surface area contributed by atoms with Crippen molar-refractivity contribution in [2.75, 3.05) is 16.5 Å². The van der Waals surface area contributed by atoms with Crippen LogP contribution in [0.25, 0.3) is 49.9 Å². The molecule has 3 heterocycles. The zero-order valence-electron chi connectivity index (χ0n) is 43.2. The Morgan fingerprint density at radius 1 is 0.465 bits per heavy atom. The quantitative estimate of drug-likeness (QED) is 0.159. The molecule has 5 nitrogen and oxygen atoms in total. The van der Waals surface area contributed by atoms with Crippen LogP contribution in [0.2, 0.25) is 0 Å². The molecule has 0 saturated carbocycles. The molecule has 0 saturated heterocycles. The van der Waals surface area contributed by atoms with Crippen LogP contribution in [0.3, 0.4) is 0 Å². The summed E-state index contributed by atoms with van der Waals surface area (Å²) in [6, 6.07) is 50.6. The number of para-hydroxylation sites is 4. The number of aromatic nitrogens is 2. The second-order valence-electron chi connectivity index (χ2n) is 23.4. The minimum Gasteiger partial charge on any atom is -0.457 e. The molecule has 0 atom stereocenters. The molecular weight excluding hydrogens is 879 g/mol. The number of rotatable bonds is 7. The zero-order valence-corrected chi connectivity index (χ0v) is 43.2. The average Bonchev–Trinajstić information content (AvgIpc) is 3.86.